The van der Waals surface area contributed by atoms with Crippen molar-refractivity contribution in [3.63, 3.8) is 0 Å². The highest BCUT2D eigenvalue weighted by molar-refractivity contribution is 7.93. The first-order chi connectivity index (χ1) is 22.6. The van der Waals surface area contributed by atoms with Gasteiger partial charge >= 0.3 is 5.97 Å². The summed E-state index contributed by atoms with van der Waals surface area (Å²) in [6.07, 6.45) is 3.54. The molecular formula is C38H43N3O6S. The summed E-state index contributed by atoms with van der Waals surface area (Å²) in [4.78, 5) is 21.3. The van der Waals surface area contributed by atoms with Crippen LogP contribution >= 0.6 is 0 Å². The van der Waals surface area contributed by atoms with E-state index in [2.05, 4.69) is 9.97 Å². The molecule has 0 aliphatic heterocycles. The Morgan fingerprint density at radius 3 is 2.17 bits per heavy atom. The van der Waals surface area contributed by atoms with Crippen LogP contribution < -0.4 is 9.47 Å². The minimum Gasteiger partial charge on any atom is -0.487 e. The van der Waals surface area contributed by atoms with E-state index in [0.717, 1.165) is 27.9 Å². The van der Waals surface area contributed by atoms with E-state index in [0.29, 0.717) is 41.4 Å². The zero-order valence-corrected chi connectivity index (χ0v) is 29.4. The average Bonchev–Trinajstić information content (AvgIpc) is 3.32. The Morgan fingerprint density at radius 1 is 0.875 bits per heavy atom. The molecule has 0 aliphatic rings. The highest BCUT2D eigenvalue weighted by atomic mass is 32.2. The average molecular weight is 670 g/mol. The molecule has 0 fully saturated rings. The number of nitrogens with zero attached hydrogens (tertiary/aromatic N) is 3. The Hall–Kier alpha value is -4.70. The van der Waals surface area contributed by atoms with E-state index in [1.165, 1.54) is 0 Å². The topological polar surface area (TPSA) is 121 Å². The number of ether oxygens (including phenoxy) is 2. The summed E-state index contributed by atoms with van der Waals surface area (Å²) in [5, 5.41) is 10.6. The quantitative estimate of drug-likeness (QED) is 0.144. The second-order valence-electron chi connectivity index (χ2n) is 13.7. The predicted molar refractivity (Wildman–Crippen MR) is 187 cm³/mol. The maximum absolute atomic E-state index is 14.4. The minimum atomic E-state index is -3.94. The maximum atomic E-state index is 14.4. The van der Waals surface area contributed by atoms with E-state index < -0.39 is 26.0 Å². The second-order valence-corrected chi connectivity index (χ2v) is 16.3. The van der Waals surface area contributed by atoms with Gasteiger partial charge in [-0.05, 0) is 95.5 Å². The molecule has 0 atom stereocenters. The second kappa shape index (κ2) is 13.4. The van der Waals surface area contributed by atoms with Crippen LogP contribution in [0.1, 0.15) is 64.1 Å². The summed E-state index contributed by atoms with van der Waals surface area (Å²) in [7, 11) is -3.94. The van der Waals surface area contributed by atoms with E-state index in [9.17, 15) is 18.3 Å². The number of hydrogen-bond acceptors (Lipinski definition) is 7. The molecular weight excluding hydrogens is 626 g/mol. The van der Waals surface area contributed by atoms with E-state index in [4.69, 9.17) is 9.47 Å². The molecule has 0 amide bonds. The van der Waals surface area contributed by atoms with Gasteiger partial charge in [-0.15, -0.1) is 0 Å². The van der Waals surface area contributed by atoms with Gasteiger partial charge in [0.15, 0.2) is 9.84 Å². The van der Waals surface area contributed by atoms with E-state index in [-0.39, 0.29) is 17.9 Å². The molecule has 3 heterocycles. The van der Waals surface area contributed by atoms with Crippen molar-refractivity contribution in [3.8, 4) is 22.8 Å². The van der Waals surface area contributed by atoms with Crippen molar-refractivity contribution < 1.29 is 27.8 Å². The van der Waals surface area contributed by atoms with Crippen molar-refractivity contribution in [2.24, 2.45) is 5.41 Å². The zero-order valence-electron chi connectivity index (χ0n) is 28.6. The number of sulfone groups is 1. The zero-order chi connectivity index (χ0) is 34.9. The molecule has 252 valence electrons. The fraction of sp³-hybridized carbons (Fsp3) is 0.342. The molecule has 0 saturated heterocycles. The molecule has 0 bridgehead atoms. The Morgan fingerprint density at radius 2 is 1.58 bits per heavy atom. The highest BCUT2D eigenvalue weighted by Crippen LogP contribution is 2.41. The lowest BCUT2D eigenvalue weighted by Crippen LogP contribution is -2.32. The highest BCUT2D eigenvalue weighted by Gasteiger charge is 2.40. The van der Waals surface area contributed by atoms with Crippen LogP contribution in [0.15, 0.2) is 84.0 Å². The molecule has 5 rings (SSSR count). The van der Waals surface area contributed by atoms with Crippen molar-refractivity contribution in [3.05, 3.63) is 102 Å². The molecule has 0 unspecified atom stereocenters. The van der Waals surface area contributed by atoms with Crippen LogP contribution in [0.3, 0.4) is 0 Å². The van der Waals surface area contributed by atoms with Crippen LogP contribution in [0.25, 0.3) is 22.0 Å². The Labute approximate surface area is 282 Å². The number of rotatable bonds is 12. The lowest BCUT2D eigenvalue weighted by molar-refractivity contribution is -0.146. The number of carbonyl (C=O) groups is 1. The molecule has 0 aliphatic carbocycles. The first-order valence-electron chi connectivity index (χ1n) is 16.0. The third-order valence-corrected chi connectivity index (χ3v) is 11.0. The number of aromatic nitrogens is 3. The van der Waals surface area contributed by atoms with E-state index >= 15 is 0 Å². The van der Waals surface area contributed by atoms with Crippen LogP contribution in [0, 0.1) is 12.3 Å². The van der Waals surface area contributed by atoms with Gasteiger partial charge < -0.3 is 19.1 Å². The number of carboxylic acids is 1. The molecule has 0 radical (unpaired) electrons. The molecule has 10 heteroatoms. The van der Waals surface area contributed by atoms with Crippen LogP contribution in [0.5, 0.6) is 11.6 Å². The summed E-state index contributed by atoms with van der Waals surface area (Å²) < 4.78 is 41.1. The molecule has 1 N–H and O–H groups in total. The van der Waals surface area contributed by atoms with Gasteiger partial charge in [-0.3, -0.25) is 9.78 Å². The van der Waals surface area contributed by atoms with Crippen molar-refractivity contribution in [2.45, 2.75) is 77.7 Å². The third kappa shape index (κ3) is 7.23. The van der Waals surface area contributed by atoms with E-state index in [1.807, 2.05) is 79.1 Å². The van der Waals surface area contributed by atoms with Crippen molar-refractivity contribution in [1.82, 2.24) is 14.5 Å². The van der Waals surface area contributed by atoms with Gasteiger partial charge in [0.1, 0.15) is 12.4 Å². The van der Waals surface area contributed by atoms with Crippen molar-refractivity contribution >= 4 is 26.7 Å². The lowest BCUT2D eigenvalue weighted by Gasteiger charge is -2.25. The summed E-state index contributed by atoms with van der Waals surface area (Å²) in [6.45, 7) is 13.2. The number of hydrogen-bond donors (Lipinski definition) is 1. The SMILES string of the molecule is CCOc1ccc(-c2ccc(Cn3c(CC(C)(C)C(=O)O)c(S(=O)(=O)C(C)(C)C)c4cc(OCc5ccc(C)cn5)ccc43)cc2)cn1. The Bertz CT molecular complexity index is 2020. The van der Waals surface area contributed by atoms with Crippen molar-refractivity contribution in [2.75, 3.05) is 6.61 Å². The predicted octanol–water partition coefficient (Wildman–Crippen LogP) is 7.66. The molecule has 3 aromatic heterocycles. The summed E-state index contributed by atoms with van der Waals surface area (Å²) in [5.41, 5.74) is 4.50. The van der Waals surface area contributed by atoms with Gasteiger partial charge in [0.2, 0.25) is 5.88 Å². The first kappa shape index (κ1) is 34.6. The van der Waals surface area contributed by atoms with Crippen LogP contribution in [-0.4, -0.2) is 45.4 Å². The lowest BCUT2D eigenvalue weighted by atomic mass is 9.88. The van der Waals surface area contributed by atoms with Gasteiger partial charge in [-0.2, -0.15) is 0 Å². The number of benzene rings is 2. The number of carboxylic acid groups (broad SMARTS) is 1. The molecule has 2 aromatic carbocycles. The van der Waals surface area contributed by atoms with Gasteiger partial charge in [0, 0.05) is 48.1 Å². The van der Waals surface area contributed by atoms with Crippen LogP contribution in [0.2, 0.25) is 0 Å². The fourth-order valence-electron chi connectivity index (χ4n) is 5.41. The van der Waals surface area contributed by atoms with Gasteiger partial charge in [-0.1, -0.05) is 30.3 Å². The minimum absolute atomic E-state index is 0.00106. The third-order valence-electron chi connectivity index (χ3n) is 8.37. The van der Waals surface area contributed by atoms with Gasteiger partial charge in [-0.25, -0.2) is 13.4 Å². The standard InChI is InChI=1S/C38H43N3O6S/c1-8-46-34-18-14-28(22-40-34)27-12-10-26(11-13-27)23-41-32-17-16-30(47-24-29-15-9-25(2)21-39-29)19-31(32)35(48(44,45)37(3,4)5)33(41)20-38(6,7)36(42)43/h9-19,21-22H,8,20,23-24H2,1-7H3,(H,42,43). The largest absolute Gasteiger partial charge is 0.487 e. The fourth-order valence-corrected chi connectivity index (χ4v) is 6.97. The normalized spacial score (nSPS) is 12.3. The number of aryl methyl sites for hydroxylation is 1. The van der Waals surface area contributed by atoms with Crippen LogP contribution in [0.4, 0.5) is 0 Å². The maximum Gasteiger partial charge on any atom is 0.309 e. The molecule has 48 heavy (non-hydrogen) atoms. The van der Waals surface area contributed by atoms with Crippen molar-refractivity contribution in [1.29, 1.82) is 0 Å². The van der Waals surface area contributed by atoms with Gasteiger partial charge in [0.05, 0.1) is 32.9 Å². The summed E-state index contributed by atoms with van der Waals surface area (Å²) in [5.74, 6) is 0.0432. The summed E-state index contributed by atoms with van der Waals surface area (Å²) in [6, 6.07) is 21.0. The molecule has 0 saturated carbocycles. The smallest absolute Gasteiger partial charge is 0.309 e. The summed E-state index contributed by atoms with van der Waals surface area (Å²) >= 11 is 0. The monoisotopic (exact) mass is 669 g/mol. The molecule has 0 spiro atoms. The molecule has 9 nitrogen and oxygen atoms in total. The van der Waals surface area contributed by atoms with Gasteiger partial charge in [0.25, 0.3) is 0 Å². The molecule has 5 aromatic rings. The van der Waals surface area contributed by atoms with Crippen LogP contribution in [-0.2, 0) is 34.2 Å². The number of aliphatic carboxylic acids is 1. The van der Waals surface area contributed by atoms with E-state index in [1.54, 1.807) is 53.1 Å². The first-order valence-corrected chi connectivity index (χ1v) is 17.4. The Kier molecular flexibility index (Phi) is 9.69. The number of fused-ring (bicyclic) bond motifs is 1. The number of pyridine rings is 2. The Balaban J connectivity index is 1.62.